The lowest BCUT2D eigenvalue weighted by molar-refractivity contribution is 0.438. The van der Waals surface area contributed by atoms with Gasteiger partial charge in [-0.3, -0.25) is 0 Å². The molecule has 2 aromatic heterocycles. The van der Waals surface area contributed by atoms with Crippen molar-refractivity contribution in [1.82, 2.24) is 9.13 Å². The number of nitrogens with zero attached hydrogens (tertiary/aromatic N) is 3. The number of benzene rings is 10. The van der Waals surface area contributed by atoms with E-state index in [9.17, 15) is 0 Å². The van der Waals surface area contributed by atoms with Crippen molar-refractivity contribution in [1.29, 1.82) is 0 Å². The van der Waals surface area contributed by atoms with Gasteiger partial charge in [0, 0.05) is 55.4 Å². The second-order valence-electron chi connectivity index (χ2n) is 17.2. The van der Waals surface area contributed by atoms with Gasteiger partial charge in [0.2, 0.25) is 0 Å². The number of fused-ring (bicyclic) bond motifs is 15. The molecular formula is C61H39N3O. The minimum atomic E-state index is -0.670. The fourth-order valence-electron chi connectivity index (χ4n) is 11.3. The number of ether oxygens (including phenoxy) is 1. The van der Waals surface area contributed by atoms with Gasteiger partial charge in [-0.2, -0.15) is 0 Å². The Balaban J connectivity index is 1.01. The normalized spacial score (nSPS) is 14.6. The number of anilines is 3. The van der Waals surface area contributed by atoms with Gasteiger partial charge in [0.1, 0.15) is 5.75 Å². The molecule has 12 aromatic rings. The van der Waals surface area contributed by atoms with Crippen LogP contribution in [0.3, 0.4) is 0 Å². The molecule has 0 saturated heterocycles. The van der Waals surface area contributed by atoms with Gasteiger partial charge in [-0.25, -0.2) is 0 Å². The largest absolute Gasteiger partial charge is 0.454 e. The van der Waals surface area contributed by atoms with Crippen LogP contribution in [0.5, 0.6) is 11.5 Å². The van der Waals surface area contributed by atoms with Crippen LogP contribution in [0.4, 0.5) is 17.1 Å². The molecule has 4 heterocycles. The Bertz CT molecular complexity index is 3850. The van der Waals surface area contributed by atoms with Gasteiger partial charge in [-0.05, 0) is 95.1 Å². The molecule has 1 atom stereocenters. The third-order valence-electron chi connectivity index (χ3n) is 14.0. The Hall–Kier alpha value is -8.60. The van der Waals surface area contributed by atoms with Crippen LogP contribution in [0.15, 0.2) is 237 Å². The second kappa shape index (κ2) is 13.7. The monoisotopic (exact) mass is 829 g/mol. The first kappa shape index (κ1) is 35.9. The van der Waals surface area contributed by atoms with E-state index < -0.39 is 5.41 Å². The van der Waals surface area contributed by atoms with Crippen LogP contribution in [0.2, 0.25) is 0 Å². The molecule has 4 nitrogen and oxygen atoms in total. The third-order valence-corrected chi connectivity index (χ3v) is 14.0. The van der Waals surface area contributed by atoms with Crippen molar-refractivity contribution in [3.8, 4) is 34.0 Å². The van der Waals surface area contributed by atoms with E-state index in [0.29, 0.717) is 0 Å². The molecule has 0 fully saturated rings. The van der Waals surface area contributed by atoms with Crippen LogP contribution in [0, 0.1) is 0 Å². The molecule has 0 radical (unpaired) electrons. The van der Waals surface area contributed by atoms with Crippen LogP contribution in [-0.2, 0) is 5.41 Å². The van der Waals surface area contributed by atoms with E-state index in [1.807, 2.05) is 0 Å². The van der Waals surface area contributed by atoms with Gasteiger partial charge in [-0.15, -0.1) is 0 Å². The Kier molecular flexibility index (Phi) is 7.57. The molecule has 1 unspecified atom stereocenters. The van der Waals surface area contributed by atoms with Crippen molar-refractivity contribution < 1.29 is 4.74 Å². The van der Waals surface area contributed by atoms with Gasteiger partial charge >= 0.3 is 0 Å². The molecule has 10 aromatic carbocycles. The highest BCUT2D eigenvalue weighted by Gasteiger charge is 2.51. The van der Waals surface area contributed by atoms with E-state index in [-0.39, 0.29) is 0 Å². The van der Waals surface area contributed by atoms with Crippen molar-refractivity contribution in [2.24, 2.45) is 0 Å². The number of rotatable bonds is 5. The average Bonchev–Trinajstić information content (AvgIpc) is 3.90. The first-order chi connectivity index (χ1) is 32.3. The maximum Gasteiger partial charge on any atom is 0.156 e. The third kappa shape index (κ3) is 4.96. The lowest BCUT2D eigenvalue weighted by atomic mass is 9.61. The van der Waals surface area contributed by atoms with E-state index >= 15 is 0 Å². The minimum Gasteiger partial charge on any atom is -0.454 e. The van der Waals surface area contributed by atoms with Gasteiger partial charge < -0.3 is 18.8 Å². The smallest absolute Gasteiger partial charge is 0.156 e. The molecule has 65 heavy (non-hydrogen) atoms. The first-order valence-corrected chi connectivity index (χ1v) is 22.3. The summed E-state index contributed by atoms with van der Waals surface area (Å²) in [6.45, 7) is 0. The Morgan fingerprint density at radius 1 is 0.338 bits per heavy atom. The summed E-state index contributed by atoms with van der Waals surface area (Å²) in [7, 11) is 0. The number of para-hydroxylation sites is 6. The van der Waals surface area contributed by atoms with Crippen molar-refractivity contribution in [2.75, 3.05) is 4.90 Å². The van der Waals surface area contributed by atoms with Gasteiger partial charge in [0.15, 0.2) is 5.75 Å². The highest BCUT2D eigenvalue weighted by atomic mass is 16.5. The maximum atomic E-state index is 7.35. The molecule has 0 saturated carbocycles. The first-order valence-electron chi connectivity index (χ1n) is 22.3. The van der Waals surface area contributed by atoms with Crippen molar-refractivity contribution in [3.63, 3.8) is 0 Å². The zero-order valence-corrected chi connectivity index (χ0v) is 35.3. The predicted octanol–water partition coefficient (Wildman–Crippen LogP) is 15.8. The Morgan fingerprint density at radius 2 is 0.877 bits per heavy atom. The SMILES string of the molecule is c1ccc(-c2ccc(N(c3ccccc3)c3ccc(-n4c5ccccc5c5ccc6c(c54)Oc4ccccc4C64c5ccccc5-n5c6ccccc6c6cccc4c65)cc3)cc2)cc1. The van der Waals surface area contributed by atoms with Crippen molar-refractivity contribution >= 4 is 60.7 Å². The molecule has 2 aliphatic rings. The predicted molar refractivity (Wildman–Crippen MR) is 267 cm³/mol. The molecule has 0 bridgehead atoms. The quantitative estimate of drug-likeness (QED) is 0.172. The molecule has 2 aliphatic heterocycles. The van der Waals surface area contributed by atoms with Crippen LogP contribution in [-0.4, -0.2) is 9.13 Å². The summed E-state index contributed by atoms with van der Waals surface area (Å²) in [5.74, 6) is 1.75. The molecular weight excluding hydrogens is 791 g/mol. The minimum absolute atomic E-state index is 0.670. The highest BCUT2D eigenvalue weighted by Crippen LogP contribution is 2.62. The Labute approximate surface area is 376 Å². The summed E-state index contributed by atoms with van der Waals surface area (Å²) < 4.78 is 12.3. The molecule has 14 rings (SSSR count). The van der Waals surface area contributed by atoms with Crippen LogP contribution in [0.1, 0.15) is 22.3 Å². The second-order valence-corrected chi connectivity index (χ2v) is 17.2. The maximum absolute atomic E-state index is 7.35. The fraction of sp³-hybridized carbons (Fsp3) is 0.0164. The number of aromatic nitrogens is 2. The van der Waals surface area contributed by atoms with E-state index in [0.717, 1.165) is 61.8 Å². The van der Waals surface area contributed by atoms with Crippen molar-refractivity contribution in [3.05, 3.63) is 259 Å². The zero-order chi connectivity index (χ0) is 42.6. The number of hydrogen-bond donors (Lipinski definition) is 0. The molecule has 304 valence electrons. The van der Waals surface area contributed by atoms with Crippen LogP contribution in [0.25, 0.3) is 66.1 Å². The summed E-state index contributed by atoms with van der Waals surface area (Å²) in [6, 6.07) is 85.9. The lowest BCUT2D eigenvalue weighted by Gasteiger charge is -2.45. The topological polar surface area (TPSA) is 22.3 Å². The summed E-state index contributed by atoms with van der Waals surface area (Å²) in [6.07, 6.45) is 0. The van der Waals surface area contributed by atoms with E-state index in [2.05, 4.69) is 251 Å². The summed E-state index contributed by atoms with van der Waals surface area (Å²) in [5.41, 5.74) is 16.6. The summed E-state index contributed by atoms with van der Waals surface area (Å²) in [4.78, 5) is 2.33. The van der Waals surface area contributed by atoms with Crippen molar-refractivity contribution in [2.45, 2.75) is 5.41 Å². The van der Waals surface area contributed by atoms with Gasteiger partial charge in [-0.1, -0.05) is 164 Å². The Morgan fingerprint density at radius 3 is 1.63 bits per heavy atom. The zero-order valence-electron chi connectivity index (χ0n) is 35.3. The van der Waals surface area contributed by atoms with E-state index in [4.69, 9.17) is 4.74 Å². The standard InChI is InChI=1S/C61H39N3O/c1-3-16-40(17-4-1)41-30-32-43(33-31-41)62(42-18-5-2-6-19-42)44-34-36-45(37-35-44)63-54-26-11-7-21-47(54)49-38-39-53-60(59(49)63)65-57-29-14-10-24-51(57)61(53)50-23-9-13-28-56(50)64-55-27-12-8-20-46(55)48-22-15-25-52(61)58(48)64/h1-39H. The molecule has 1 spiro atoms. The fourth-order valence-corrected chi connectivity index (χ4v) is 11.3. The molecule has 0 N–H and O–H groups in total. The molecule has 4 heteroatoms. The van der Waals surface area contributed by atoms with E-state index in [1.54, 1.807) is 0 Å². The highest BCUT2D eigenvalue weighted by molar-refractivity contribution is 6.14. The number of hydrogen-bond acceptors (Lipinski definition) is 2. The van der Waals surface area contributed by atoms with Crippen LogP contribution >= 0.6 is 0 Å². The molecule has 0 amide bonds. The average molecular weight is 830 g/mol. The van der Waals surface area contributed by atoms with Crippen LogP contribution < -0.4 is 9.64 Å². The lowest BCUT2D eigenvalue weighted by Crippen LogP contribution is -2.37. The van der Waals surface area contributed by atoms with E-state index in [1.165, 1.54) is 55.1 Å². The van der Waals surface area contributed by atoms with Gasteiger partial charge in [0.25, 0.3) is 0 Å². The molecule has 0 aliphatic carbocycles. The summed E-state index contributed by atoms with van der Waals surface area (Å²) in [5, 5.41) is 4.84. The van der Waals surface area contributed by atoms with Gasteiger partial charge in [0.05, 0.1) is 33.2 Å². The summed E-state index contributed by atoms with van der Waals surface area (Å²) >= 11 is 0.